The molecule has 0 aromatic heterocycles. The zero-order chi connectivity index (χ0) is 11.4. The number of nitrogens with two attached hydrogens (primary N) is 1. The molecule has 1 rings (SSSR count). The Balaban J connectivity index is 3.07. The van der Waals surface area contributed by atoms with Crippen LogP contribution >= 0.6 is 0 Å². The van der Waals surface area contributed by atoms with Crippen LogP contribution in [0.5, 0.6) is 5.75 Å². The zero-order valence-electron chi connectivity index (χ0n) is 8.77. The first kappa shape index (κ1) is 11.5. The highest BCUT2D eigenvalue weighted by atomic mass is 16.6. The van der Waals surface area contributed by atoms with E-state index in [1.165, 1.54) is 19.2 Å². The minimum Gasteiger partial charge on any atom is -0.496 e. The van der Waals surface area contributed by atoms with Crippen LogP contribution in [0.4, 0.5) is 5.69 Å². The van der Waals surface area contributed by atoms with Crippen molar-refractivity contribution in [2.24, 2.45) is 5.73 Å². The summed E-state index contributed by atoms with van der Waals surface area (Å²) in [6.45, 7) is 1.85. The lowest BCUT2D eigenvalue weighted by atomic mass is 10.1. The number of ether oxygens (including phenoxy) is 1. The molecule has 2 N–H and O–H groups in total. The summed E-state index contributed by atoms with van der Waals surface area (Å²) < 4.78 is 5.10. The summed E-state index contributed by atoms with van der Waals surface area (Å²) in [5.74, 6) is 0.637. The fraction of sp³-hybridized carbons (Fsp3) is 0.400. The number of rotatable bonds is 4. The highest BCUT2D eigenvalue weighted by molar-refractivity contribution is 5.44. The Kier molecular flexibility index (Phi) is 3.62. The molecule has 0 spiro atoms. The van der Waals surface area contributed by atoms with E-state index in [2.05, 4.69) is 0 Å². The van der Waals surface area contributed by atoms with E-state index >= 15 is 0 Å². The van der Waals surface area contributed by atoms with Crippen LogP contribution in [0, 0.1) is 10.1 Å². The van der Waals surface area contributed by atoms with Crippen molar-refractivity contribution in [3.8, 4) is 5.75 Å². The van der Waals surface area contributed by atoms with E-state index in [4.69, 9.17) is 10.5 Å². The number of hydrogen-bond donors (Lipinski definition) is 1. The molecule has 0 radical (unpaired) electrons. The third-order valence-corrected chi connectivity index (χ3v) is 2.02. The van der Waals surface area contributed by atoms with Gasteiger partial charge in [0.2, 0.25) is 0 Å². The summed E-state index contributed by atoms with van der Waals surface area (Å²) in [6.07, 6.45) is 0.560. The summed E-state index contributed by atoms with van der Waals surface area (Å²) in [4.78, 5) is 10.1. The van der Waals surface area contributed by atoms with Gasteiger partial charge >= 0.3 is 0 Å². The number of non-ortho nitro benzene ring substituents is 1. The molecule has 5 nitrogen and oxygen atoms in total. The number of hydrogen-bond acceptors (Lipinski definition) is 4. The number of nitro groups is 1. The van der Waals surface area contributed by atoms with Crippen LogP contribution in [0.15, 0.2) is 18.2 Å². The number of benzene rings is 1. The second kappa shape index (κ2) is 4.75. The molecule has 0 unspecified atom stereocenters. The molecule has 0 amide bonds. The van der Waals surface area contributed by atoms with E-state index in [1.807, 2.05) is 6.92 Å². The Labute approximate surface area is 88.0 Å². The normalized spacial score (nSPS) is 12.2. The highest BCUT2D eigenvalue weighted by Gasteiger charge is 2.12. The smallest absolute Gasteiger partial charge is 0.269 e. The minimum atomic E-state index is -0.426. The van der Waals surface area contributed by atoms with E-state index in [0.717, 1.165) is 5.56 Å². The lowest BCUT2D eigenvalue weighted by Gasteiger charge is -2.10. The predicted molar refractivity (Wildman–Crippen MR) is 57.0 cm³/mol. The maximum atomic E-state index is 10.6. The van der Waals surface area contributed by atoms with Crippen LogP contribution in [0.1, 0.15) is 12.5 Å². The Morgan fingerprint density at radius 1 is 1.60 bits per heavy atom. The maximum Gasteiger partial charge on any atom is 0.269 e. The first-order valence-corrected chi connectivity index (χ1v) is 4.61. The summed E-state index contributed by atoms with van der Waals surface area (Å²) in [5, 5.41) is 10.6. The maximum absolute atomic E-state index is 10.6. The lowest BCUT2D eigenvalue weighted by Crippen LogP contribution is -2.18. The molecular formula is C10H14N2O3. The van der Waals surface area contributed by atoms with Crippen molar-refractivity contribution in [3.63, 3.8) is 0 Å². The van der Waals surface area contributed by atoms with Gasteiger partial charge in [-0.15, -0.1) is 0 Å². The molecule has 0 aliphatic rings. The van der Waals surface area contributed by atoms with Crippen molar-refractivity contribution in [2.45, 2.75) is 19.4 Å². The lowest BCUT2D eigenvalue weighted by molar-refractivity contribution is -0.384. The topological polar surface area (TPSA) is 78.4 Å². The van der Waals surface area contributed by atoms with Crippen LogP contribution in [0.25, 0.3) is 0 Å². The molecule has 1 atom stereocenters. The number of nitro benzene ring substituents is 1. The van der Waals surface area contributed by atoms with E-state index in [9.17, 15) is 10.1 Å². The molecule has 0 bridgehead atoms. The summed E-state index contributed by atoms with van der Waals surface area (Å²) >= 11 is 0. The second-order valence-electron chi connectivity index (χ2n) is 3.43. The van der Waals surface area contributed by atoms with Crippen molar-refractivity contribution in [3.05, 3.63) is 33.9 Å². The Bertz CT molecular complexity index is 364. The minimum absolute atomic E-state index is 0.0547. The van der Waals surface area contributed by atoms with E-state index < -0.39 is 4.92 Å². The van der Waals surface area contributed by atoms with Gasteiger partial charge in [-0.1, -0.05) is 0 Å². The van der Waals surface area contributed by atoms with Gasteiger partial charge in [-0.2, -0.15) is 0 Å². The molecule has 0 aliphatic heterocycles. The van der Waals surface area contributed by atoms with Crippen LogP contribution in [0.2, 0.25) is 0 Å². The molecule has 0 aliphatic carbocycles. The van der Waals surface area contributed by atoms with E-state index in [0.29, 0.717) is 12.2 Å². The predicted octanol–water partition coefficient (Wildman–Crippen LogP) is 1.49. The van der Waals surface area contributed by atoms with Crippen molar-refractivity contribution < 1.29 is 9.66 Å². The van der Waals surface area contributed by atoms with Crippen molar-refractivity contribution in [2.75, 3.05) is 7.11 Å². The monoisotopic (exact) mass is 210 g/mol. The molecule has 0 saturated carbocycles. The largest absolute Gasteiger partial charge is 0.496 e. The van der Waals surface area contributed by atoms with Crippen molar-refractivity contribution >= 4 is 5.69 Å². The van der Waals surface area contributed by atoms with Crippen molar-refractivity contribution in [1.29, 1.82) is 0 Å². The SMILES string of the molecule is COc1ccc([N+](=O)[O-])cc1C[C@H](C)N. The molecule has 5 heteroatoms. The summed E-state index contributed by atoms with van der Waals surface area (Å²) in [7, 11) is 1.53. The van der Waals surface area contributed by atoms with Crippen LogP contribution in [-0.2, 0) is 6.42 Å². The molecule has 82 valence electrons. The average molecular weight is 210 g/mol. The molecule has 0 heterocycles. The number of methoxy groups -OCH3 is 1. The fourth-order valence-electron chi connectivity index (χ4n) is 1.38. The summed E-state index contributed by atoms with van der Waals surface area (Å²) in [6, 6.07) is 4.46. The van der Waals surface area contributed by atoms with Crippen LogP contribution in [0.3, 0.4) is 0 Å². The Morgan fingerprint density at radius 3 is 2.73 bits per heavy atom. The van der Waals surface area contributed by atoms with Crippen LogP contribution < -0.4 is 10.5 Å². The van der Waals surface area contributed by atoms with Gasteiger partial charge in [0, 0.05) is 23.7 Å². The Morgan fingerprint density at radius 2 is 2.27 bits per heavy atom. The third-order valence-electron chi connectivity index (χ3n) is 2.02. The van der Waals surface area contributed by atoms with E-state index in [-0.39, 0.29) is 11.7 Å². The van der Waals surface area contributed by atoms with Gasteiger partial charge in [0.05, 0.1) is 12.0 Å². The van der Waals surface area contributed by atoms with Gasteiger partial charge in [-0.05, 0) is 19.4 Å². The third kappa shape index (κ3) is 2.92. The average Bonchev–Trinajstić information content (AvgIpc) is 2.16. The highest BCUT2D eigenvalue weighted by Crippen LogP contribution is 2.24. The first-order valence-electron chi connectivity index (χ1n) is 4.61. The zero-order valence-corrected chi connectivity index (χ0v) is 8.77. The first-order chi connectivity index (χ1) is 7.04. The van der Waals surface area contributed by atoms with Gasteiger partial charge in [0.1, 0.15) is 5.75 Å². The van der Waals surface area contributed by atoms with Gasteiger partial charge in [0.15, 0.2) is 0 Å². The van der Waals surface area contributed by atoms with Crippen molar-refractivity contribution in [1.82, 2.24) is 0 Å². The van der Waals surface area contributed by atoms with Gasteiger partial charge in [0.25, 0.3) is 5.69 Å². The molecule has 1 aromatic rings. The Hall–Kier alpha value is -1.62. The molecule has 15 heavy (non-hydrogen) atoms. The number of nitrogens with zero attached hydrogens (tertiary/aromatic N) is 1. The molecule has 0 fully saturated rings. The molecule has 1 aromatic carbocycles. The van der Waals surface area contributed by atoms with Crippen LogP contribution in [-0.4, -0.2) is 18.1 Å². The van der Waals surface area contributed by atoms with E-state index in [1.54, 1.807) is 6.07 Å². The van der Waals surface area contributed by atoms with Gasteiger partial charge in [-0.3, -0.25) is 10.1 Å². The van der Waals surface area contributed by atoms with Gasteiger partial charge in [-0.25, -0.2) is 0 Å². The fourth-order valence-corrected chi connectivity index (χ4v) is 1.38. The molecular weight excluding hydrogens is 196 g/mol. The summed E-state index contributed by atoms with van der Waals surface area (Å²) in [5.41, 5.74) is 6.48. The molecule has 0 saturated heterocycles. The standard InChI is InChI=1S/C10H14N2O3/c1-7(11)5-8-6-9(12(13)14)3-4-10(8)15-2/h3-4,6-7H,5,11H2,1-2H3/t7-/m0/s1. The quantitative estimate of drug-likeness (QED) is 0.603. The second-order valence-corrected chi connectivity index (χ2v) is 3.43. The van der Waals surface area contributed by atoms with Gasteiger partial charge < -0.3 is 10.5 Å².